The number of hydrogen-bond donors (Lipinski definition) is 1. The molecule has 5 rings (SSSR count). The average molecular weight is 391 g/mol. The second-order valence-electron chi connectivity index (χ2n) is 7.24. The topological polar surface area (TPSA) is 42.4 Å². The lowest BCUT2D eigenvalue weighted by Gasteiger charge is -2.13. The van der Waals surface area contributed by atoms with Gasteiger partial charge >= 0.3 is 0 Å². The third-order valence-corrected chi connectivity index (χ3v) is 5.34. The molecule has 3 heteroatoms. The Hall–Kier alpha value is -3.85. The fraction of sp³-hybridized carbons (Fsp3) is 0.0741. The van der Waals surface area contributed by atoms with Crippen LogP contribution in [0.15, 0.2) is 91.0 Å². The van der Waals surface area contributed by atoms with Crippen molar-refractivity contribution in [1.29, 1.82) is 0 Å². The van der Waals surface area contributed by atoms with Crippen molar-refractivity contribution in [2.75, 3.05) is 6.61 Å². The van der Waals surface area contributed by atoms with Crippen molar-refractivity contribution >= 4 is 21.7 Å². The number of fused-ring (bicyclic) bond motifs is 3. The molecule has 0 aliphatic rings. The van der Waals surface area contributed by atoms with Crippen LogP contribution in [0.1, 0.15) is 6.92 Å². The van der Waals surface area contributed by atoms with Gasteiger partial charge in [-0.25, -0.2) is 4.98 Å². The highest BCUT2D eigenvalue weighted by molar-refractivity contribution is 6.13. The van der Waals surface area contributed by atoms with Crippen molar-refractivity contribution < 1.29 is 9.84 Å². The largest absolute Gasteiger partial charge is 0.508 e. The zero-order valence-electron chi connectivity index (χ0n) is 16.7. The summed E-state index contributed by atoms with van der Waals surface area (Å²) >= 11 is 0. The van der Waals surface area contributed by atoms with Crippen LogP contribution in [0.4, 0.5) is 0 Å². The molecule has 0 bridgehead atoms. The Morgan fingerprint density at radius 3 is 2.30 bits per heavy atom. The fourth-order valence-corrected chi connectivity index (χ4v) is 3.91. The van der Waals surface area contributed by atoms with E-state index in [0.717, 1.165) is 39.0 Å². The molecule has 0 saturated heterocycles. The van der Waals surface area contributed by atoms with E-state index in [-0.39, 0.29) is 5.75 Å². The molecule has 0 atom stereocenters. The second kappa shape index (κ2) is 7.53. The summed E-state index contributed by atoms with van der Waals surface area (Å²) in [5.74, 6) is 1.11. The molecule has 30 heavy (non-hydrogen) atoms. The van der Waals surface area contributed by atoms with Crippen LogP contribution in [0.5, 0.6) is 11.5 Å². The van der Waals surface area contributed by atoms with E-state index in [2.05, 4.69) is 54.6 Å². The minimum atomic E-state index is 0.247. The Labute approximate surface area is 175 Å². The number of benzene rings is 4. The molecule has 4 aromatic carbocycles. The van der Waals surface area contributed by atoms with Crippen LogP contribution in [0.25, 0.3) is 44.1 Å². The Morgan fingerprint density at radius 1 is 0.800 bits per heavy atom. The number of hydrogen-bond acceptors (Lipinski definition) is 3. The first kappa shape index (κ1) is 18.2. The van der Waals surface area contributed by atoms with Crippen LogP contribution in [0, 0.1) is 0 Å². The predicted molar refractivity (Wildman–Crippen MR) is 123 cm³/mol. The molecule has 3 nitrogen and oxygen atoms in total. The standard InChI is InChI=1S/C27H21NO2/c1-2-30-22-14-9-19(10-15-22)24-17-26(20-7-12-21(29)13-8-20)28-25-16-11-18-5-3-4-6-23(18)27(24)25/h3-17,29H,2H2,1H3. The molecular weight excluding hydrogens is 370 g/mol. The monoisotopic (exact) mass is 391 g/mol. The first-order valence-electron chi connectivity index (χ1n) is 10.1. The Morgan fingerprint density at radius 2 is 1.53 bits per heavy atom. The maximum absolute atomic E-state index is 9.66. The number of phenols is 1. The molecule has 1 N–H and O–H groups in total. The van der Waals surface area contributed by atoms with Crippen molar-refractivity contribution in [3.05, 3.63) is 91.0 Å². The molecule has 0 saturated carbocycles. The van der Waals surface area contributed by atoms with Crippen molar-refractivity contribution in [3.63, 3.8) is 0 Å². The van der Waals surface area contributed by atoms with Crippen molar-refractivity contribution in [2.24, 2.45) is 0 Å². The summed E-state index contributed by atoms with van der Waals surface area (Å²) in [6.45, 7) is 2.63. The molecule has 146 valence electrons. The average Bonchev–Trinajstić information content (AvgIpc) is 2.79. The molecule has 0 aliphatic carbocycles. The van der Waals surface area contributed by atoms with Gasteiger partial charge < -0.3 is 9.84 Å². The van der Waals surface area contributed by atoms with Gasteiger partial charge in [-0.2, -0.15) is 0 Å². The molecule has 1 aromatic heterocycles. The number of aromatic hydroxyl groups is 1. The van der Waals surface area contributed by atoms with Crippen LogP contribution in [-0.2, 0) is 0 Å². The number of nitrogens with zero attached hydrogens (tertiary/aromatic N) is 1. The van der Waals surface area contributed by atoms with Gasteiger partial charge in [-0.1, -0.05) is 42.5 Å². The smallest absolute Gasteiger partial charge is 0.119 e. The van der Waals surface area contributed by atoms with Gasteiger partial charge in [0.25, 0.3) is 0 Å². The quantitative estimate of drug-likeness (QED) is 0.342. The van der Waals surface area contributed by atoms with Crippen LogP contribution in [0.3, 0.4) is 0 Å². The van der Waals surface area contributed by atoms with Gasteiger partial charge in [0.1, 0.15) is 11.5 Å². The number of rotatable bonds is 4. The number of pyridine rings is 1. The lowest BCUT2D eigenvalue weighted by molar-refractivity contribution is 0.340. The third-order valence-electron chi connectivity index (χ3n) is 5.34. The molecule has 0 radical (unpaired) electrons. The summed E-state index contributed by atoms with van der Waals surface area (Å²) in [5, 5.41) is 13.2. The lowest BCUT2D eigenvalue weighted by Crippen LogP contribution is -1.93. The maximum Gasteiger partial charge on any atom is 0.119 e. The molecule has 0 spiro atoms. The van der Waals surface area contributed by atoms with Gasteiger partial charge in [-0.15, -0.1) is 0 Å². The molecule has 0 fully saturated rings. The van der Waals surface area contributed by atoms with E-state index in [1.807, 2.05) is 31.2 Å². The van der Waals surface area contributed by atoms with Gasteiger partial charge in [0.2, 0.25) is 0 Å². The highest BCUT2D eigenvalue weighted by Crippen LogP contribution is 2.37. The summed E-state index contributed by atoms with van der Waals surface area (Å²) in [5.41, 5.74) is 5.03. The van der Waals surface area contributed by atoms with E-state index < -0.39 is 0 Å². The Kier molecular flexibility index (Phi) is 4.56. The summed E-state index contributed by atoms with van der Waals surface area (Å²) < 4.78 is 5.62. The Bertz CT molecular complexity index is 1340. The first-order valence-corrected chi connectivity index (χ1v) is 10.1. The number of aromatic nitrogens is 1. The van der Waals surface area contributed by atoms with E-state index in [9.17, 15) is 5.11 Å². The zero-order chi connectivity index (χ0) is 20.5. The van der Waals surface area contributed by atoms with Gasteiger partial charge in [0.15, 0.2) is 0 Å². The van der Waals surface area contributed by atoms with Gasteiger partial charge in [0.05, 0.1) is 17.8 Å². The normalized spacial score (nSPS) is 11.1. The van der Waals surface area contributed by atoms with Crippen molar-refractivity contribution in [3.8, 4) is 33.9 Å². The lowest BCUT2D eigenvalue weighted by atomic mass is 9.94. The van der Waals surface area contributed by atoms with E-state index in [1.165, 1.54) is 10.8 Å². The SMILES string of the molecule is CCOc1ccc(-c2cc(-c3ccc(O)cc3)nc3ccc4ccccc4c23)cc1. The van der Waals surface area contributed by atoms with Crippen molar-refractivity contribution in [1.82, 2.24) is 4.98 Å². The highest BCUT2D eigenvalue weighted by Gasteiger charge is 2.13. The van der Waals surface area contributed by atoms with Crippen LogP contribution in [-0.4, -0.2) is 16.7 Å². The van der Waals surface area contributed by atoms with E-state index in [1.54, 1.807) is 12.1 Å². The zero-order valence-corrected chi connectivity index (χ0v) is 16.7. The molecule has 0 unspecified atom stereocenters. The predicted octanol–water partition coefficient (Wildman–Crippen LogP) is 6.83. The molecule has 1 heterocycles. The van der Waals surface area contributed by atoms with Crippen LogP contribution in [0.2, 0.25) is 0 Å². The van der Waals surface area contributed by atoms with Gasteiger partial charge in [-0.3, -0.25) is 0 Å². The molecule has 0 amide bonds. The Balaban J connectivity index is 1.80. The first-order chi connectivity index (χ1) is 14.7. The van der Waals surface area contributed by atoms with Crippen LogP contribution < -0.4 is 4.74 Å². The van der Waals surface area contributed by atoms with E-state index >= 15 is 0 Å². The summed E-state index contributed by atoms with van der Waals surface area (Å²) in [6, 6.07) is 30.1. The minimum absolute atomic E-state index is 0.247. The number of ether oxygens (including phenoxy) is 1. The maximum atomic E-state index is 9.66. The molecule has 0 aliphatic heterocycles. The van der Waals surface area contributed by atoms with E-state index in [0.29, 0.717) is 6.61 Å². The van der Waals surface area contributed by atoms with Crippen LogP contribution >= 0.6 is 0 Å². The fourth-order valence-electron chi connectivity index (χ4n) is 3.91. The highest BCUT2D eigenvalue weighted by atomic mass is 16.5. The third kappa shape index (κ3) is 3.25. The van der Waals surface area contributed by atoms with Gasteiger partial charge in [0, 0.05) is 10.9 Å². The minimum Gasteiger partial charge on any atom is -0.508 e. The second-order valence-corrected chi connectivity index (χ2v) is 7.24. The van der Waals surface area contributed by atoms with Gasteiger partial charge in [-0.05, 0) is 77.4 Å². The number of phenolic OH excluding ortho intramolecular Hbond substituents is 1. The summed E-state index contributed by atoms with van der Waals surface area (Å²) in [4.78, 5) is 4.95. The molecule has 5 aromatic rings. The summed E-state index contributed by atoms with van der Waals surface area (Å²) in [6.07, 6.45) is 0. The summed E-state index contributed by atoms with van der Waals surface area (Å²) in [7, 11) is 0. The van der Waals surface area contributed by atoms with Crippen molar-refractivity contribution in [2.45, 2.75) is 6.92 Å². The molecular formula is C27H21NO2. The van der Waals surface area contributed by atoms with E-state index in [4.69, 9.17) is 9.72 Å².